The van der Waals surface area contributed by atoms with Crippen LogP contribution in [0.1, 0.15) is 12.8 Å². The van der Waals surface area contributed by atoms with Crippen LogP contribution in [0.15, 0.2) is 0 Å². The Morgan fingerprint density at radius 1 is 1.08 bits per heavy atom. The van der Waals surface area contributed by atoms with Crippen LogP contribution in [0.4, 0.5) is 0 Å². The number of ether oxygens (including phenoxy) is 2. The highest BCUT2D eigenvalue weighted by molar-refractivity contribution is 4.86. The molecule has 2 rings (SSSR count). The molecule has 2 saturated heterocycles. The Bertz CT molecular complexity index is 133. The second kappa shape index (κ2) is 3.73. The number of piperidine rings is 1. The van der Waals surface area contributed by atoms with Gasteiger partial charge in [0.05, 0.1) is 26.4 Å². The Morgan fingerprint density at radius 2 is 1.83 bits per heavy atom. The van der Waals surface area contributed by atoms with E-state index in [4.69, 9.17) is 9.47 Å². The van der Waals surface area contributed by atoms with E-state index in [0.717, 1.165) is 39.5 Å². The molecular weight excluding hydrogens is 154 g/mol. The van der Waals surface area contributed by atoms with Crippen molar-refractivity contribution in [1.29, 1.82) is 0 Å². The molecule has 0 aromatic heterocycles. The summed E-state index contributed by atoms with van der Waals surface area (Å²) in [5, 5.41) is 3.41. The minimum absolute atomic E-state index is 0.286. The second-order valence-electron chi connectivity index (χ2n) is 3.89. The molecular formula is C9H17NO2. The number of rotatable bonds is 0. The first kappa shape index (κ1) is 8.48. The summed E-state index contributed by atoms with van der Waals surface area (Å²) in [7, 11) is 0. The predicted molar refractivity (Wildman–Crippen MR) is 46.2 cm³/mol. The third-order valence-electron chi connectivity index (χ3n) is 2.75. The fourth-order valence-corrected chi connectivity index (χ4v) is 2.01. The minimum Gasteiger partial charge on any atom is -0.378 e. The zero-order chi connectivity index (χ0) is 8.28. The van der Waals surface area contributed by atoms with Crippen molar-refractivity contribution in [3.05, 3.63) is 0 Å². The summed E-state index contributed by atoms with van der Waals surface area (Å²) in [5.41, 5.74) is 0.286. The van der Waals surface area contributed by atoms with Crippen LogP contribution in [-0.4, -0.2) is 39.5 Å². The summed E-state index contributed by atoms with van der Waals surface area (Å²) in [6.45, 7) is 5.50. The maximum absolute atomic E-state index is 5.52. The molecule has 2 aliphatic heterocycles. The highest BCUT2D eigenvalue weighted by atomic mass is 16.5. The average molecular weight is 171 g/mol. The van der Waals surface area contributed by atoms with Gasteiger partial charge < -0.3 is 14.8 Å². The molecule has 0 amide bonds. The van der Waals surface area contributed by atoms with Gasteiger partial charge in [0, 0.05) is 12.0 Å². The highest BCUT2D eigenvalue weighted by Gasteiger charge is 2.33. The van der Waals surface area contributed by atoms with Gasteiger partial charge in [-0.3, -0.25) is 0 Å². The lowest BCUT2D eigenvalue weighted by atomic mass is 9.82. The largest absolute Gasteiger partial charge is 0.378 e. The van der Waals surface area contributed by atoms with Crippen LogP contribution >= 0.6 is 0 Å². The van der Waals surface area contributed by atoms with Crippen LogP contribution in [-0.2, 0) is 9.47 Å². The van der Waals surface area contributed by atoms with Gasteiger partial charge in [-0.25, -0.2) is 0 Å². The van der Waals surface area contributed by atoms with Gasteiger partial charge in [-0.2, -0.15) is 0 Å². The molecule has 0 atom stereocenters. The molecule has 70 valence electrons. The van der Waals surface area contributed by atoms with Crippen molar-refractivity contribution in [3.8, 4) is 0 Å². The van der Waals surface area contributed by atoms with E-state index in [0.29, 0.717) is 0 Å². The number of hydrogen-bond acceptors (Lipinski definition) is 3. The molecule has 0 aromatic rings. The van der Waals surface area contributed by atoms with E-state index in [-0.39, 0.29) is 5.41 Å². The molecule has 2 heterocycles. The topological polar surface area (TPSA) is 30.5 Å². The van der Waals surface area contributed by atoms with E-state index in [1.807, 2.05) is 0 Å². The monoisotopic (exact) mass is 171 g/mol. The van der Waals surface area contributed by atoms with Crippen LogP contribution in [0.25, 0.3) is 0 Å². The highest BCUT2D eigenvalue weighted by Crippen LogP contribution is 2.28. The van der Waals surface area contributed by atoms with Gasteiger partial charge in [0.15, 0.2) is 0 Å². The van der Waals surface area contributed by atoms with Crippen molar-refractivity contribution in [2.24, 2.45) is 5.41 Å². The summed E-state index contributed by atoms with van der Waals surface area (Å²) in [5.74, 6) is 0. The van der Waals surface area contributed by atoms with Gasteiger partial charge >= 0.3 is 0 Å². The van der Waals surface area contributed by atoms with Crippen molar-refractivity contribution in [3.63, 3.8) is 0 Å². The van der Waals surface area contributed by atoms with Crippen molar-refractivity contribution in [2.45, 2.75) is 12.8 Å². The molecule has 3 heteroatoms. The smallest absolute Gasteiger partial charge is 0.0700 e. The molecule has 0 bridgehead atoms. The minimum atomic E-state index is 0.286. The van der Waals surface area contributed by atoms with Gasteiger partial charge in [-0.1, -0.05) is 0 Å². The molecule has 0 aromatic carbocycles. The molecule has 1 N–H and O–H groups in total. The Kier molecular flexibility index (Phi) is 2.63. The summed E-state index contributed by atoms with van der Waals surface area (Å²) in [6, 6.07) is 0. The normalized spacial score (nSPS) is 30.0. The molecule has 2 aliphatic rings. The fourth-order valence-electron chi connectivity index (χ4n) is 2.01. The van der Waals surface area contributed by atoms with E-state index in [9.17, 15) is 0 Å². The quantitative estimate of drug-likeness (QED) is 0.572. The zero-order valence-corrected chi connectivity index (χ0v) is 7.47. The van der Waals surface area contributed by atoms with E-state index < -0.39 is 0 Å². The Hall–Kier alpha value is -0.120. The summed E-state index contributed by atoms with van der Waals surface area (Å²) >= 11 is 0. The molecule has 2 fully saturated rings. The molecule has 1 spiro atoms. The standard InChI is InChI=1S/C9H17NO2/c1-2-9(6-10-3-1)7-11-4-5-12-8-9/h10H,1-8H2. The van der Waals surface area contributed by atoms with Crippen LogP contribution < -0.4 is 5.32 Å². The van der Waals surface area contributed by atoms with Crippen molar-refractivity contribution in [1.82, 2.24) is 5.32 Å². The van der Waals surface area contributed by atoms with Gasteiger partial charge in [-0.05, 0) is 19.4 Å². The number of hydrogen-bond donors (Lipinski definition) is 1. The Labute approximate surface area is 73.4 Å². The van der Waals surface area contributed by atoms with Gasteiger partial charge in [0.2, 0.25) is 0 Å². The summed E-state index contributed by atoms with van der Waals surface area (Å²) < 4.78 is 11.0. The SMILES string of the molecule is C1CNCC2(C1)COCCOC2. The molecule has 0 unspecified atom stereocenters. The lowest BCUT2D eigenvalue weighted by molar-refractivity contribution is 0.0315. The van der Waals surface area contributed by atoms with Crippen LogP contribution in [0.2, 0.25) is 0 Å². The first-order chi connectivity index (χ1) is 5.91. The maximum atomic E-state index is 5.52. The van der Waals surface area contributed by atoms with Crippen molar-refractivity contribution >= 4 is 0 Å². The summed E-state index contributed by atoms with van der Waals surface area (Å²) in [4.78, 5) is 0. The maximum Gasteiger partial charge on any atom is 0.0700 e. The number of nitrogens with one attached hydrogen (secondary N) is 1. The Morgan fingerprint density at radius 3 is 2.42 bits per heavy atom. The third-order valence-corrected chi connectivity index (χ3v) is 2.75. The lowest BCUT2D eigenvalue weighted by Gasteiger charge is -2.35. The lowest BCUT2D eigenvalue weighted by Crippen LogP contribution is -2.45. The molecule has 0 radical (unpaired) electrons. The van der Waals surface area contributed by atoms with E-state index in [1.165, 1.54) is 12.8 Å². The average Bonchev–Trinajstić information content (AvgIpc) is 2.33. The molecule has 3 nitrogen and oxygen atoms in total. The van der Waals surface area contributed by atoms with E-state index >= 15 is 0 Å². The van der Waals surface area contributed by atoms with E-state index in [1.54, 1.807) is 0 Å². The third kappa shape index (κ3) is 1.79. The van der Waals surface area contributed by atoms with Crippen LogP contribution in [0.5, 0.6) is 0 Å². The van der Waals surface area contributed by atoms with Crippen LogP contribution in [0.3, 0.4) is 0 Å². The van der Waals surface area contributed by atoms with E-state index in [2.05, 4.69) is 5.32 Å². The Balaban J connectivity index is 1.95. The molecule has 0 aliphatic carbocycles. The first-order valence-corrected chi connectivity index (χ1v) is 4.78. The first-order valence-electron chi connectivity index (χ1n) is 4.78. The van der Waals surface area contributed by atoms with Crippen molar-refractivity contribution < 1.29 is 9.47 Å². The van der Waals surface area contributed by atoms with Crippen molar-refractivity contribution in [2.75, 3.05) is 39.5 Å². The predicted octanol–water partition coefficient (Wildman–Crippen LogP) is 0.403. The van der Waals surface area contributed by atoms with Gasteiger partial charge in [-0.15, -0.1) is 0 Å². The van der Waals surface area contributed by atoms with Gasteiger partial charge in [0.1, 0.15) is 0 Å². The molecule has 12 heavy (non-hydrogen) atoms. The second-order valence-corrected chi connectivity index (χ2v) is 3.89. The van der Waals surface area contributed by atoms with Crippen LogP contribution in [0, 0.1) is 5.41 Å². The fraction of sp³-hybridized carbons (Fsp3) is 1.00. The van der Waals surface area contributed by atoms with Gasteiger partial charge in [0.25, 0.3) is 0 Å². The zero-order valence-electron chi connectivity index (χ0n) is 7.47. The summed E-state index contributed by atoms with van der Waals surface area (Å²) in [6.07, 6.45) is 2.51. The molecule has 0 saturated carbocycles.